The van der Waals surface area contributed by atoms with Crippen LogP contribution in [0.15, 0.2) is 18.2 Å². The van der Waals surface area contributed by atoms with E-state index in [2.05, 4.69) is 22.9 Å². The maximum Gasteiger partial charge on any atom is 0.262 e. The van der Waals surface area contributed by atoms with Crippen molar-refractivity contribution in [1.29, 1.82) is 0 Å². The molecule has 8 nitrogen and oxygen atoms in total. The van der Waals surface area contributed by atoms with Crippen LogP contribution in [0.25, 0.3) is 0 Å². The Morgan fingerprint density at radius 2 is 1.93 bits per heavy atom. The number of hydrogen-bond acceptors (Lipinski definition) is 6. The predicted octanol–water partition coefficient (Wildman–Crippen LogP) is 0.320. The third kappa shape index (κ3) is 3.33. The molecule has 0 aliphatic carbocycles. The second-order valence-corrected chi connectivity index (χ2v) is 7.99. The van der Waals surface area contributed by atoms with Crippen LogP contribution in [0.3, 0.4) is 0 Å². The standard InChI is InChI=1S/C20H24N4O4/c1-20(7-9-22-20)6-8-21-11-12-2-3-13-14(10-12)19(28)24(18(13)27)15-4-5-16(25)23-17(15)26/h2-3,10,15,21-22H,4-9,11H2,1H3,(H,23,25,26). The summed E-state index contributed by atoms with van der Waals surface area (Å²) in [5, 5.41) is 9.01. The van der Waals surface area contributed by atoms with Gasteiger partial charge in [-0.25, -0.2) is 0 Å². The number of hydrogen-bond donors (Lipinski definition) is 3. The lowest BCUT2D eigenvalue weighted by molar-refractivity contribution is -0.136. The highest BCUT2D eigenvalue weighted by Gasteiger charge is 2.44. The first-order valence-electron chi connectivity index (χ1n) is 9.68. The Hall–Kier alpha value is -2.58. The highest BCUT2D eigenvalue weighted by atomic mass is 16.2. The van der Waals surface area contributed by atoms with E-state index in [1.54, 1.807) is 12.1 Å². The van der Waals surface area contributed by atoms with Crippen molar-refractivity contribution in [1.82, 2.24) is 20.9 Å². The minimum Gasteiger partial charge on any atom is -0.313 e. The van der Waals surface area contributed by atoms with Gasteiger partial charge in [-0.15, -0.1) is 0 Å². The molecule has 3 aliphatic heterocycles. The number of imide groups is 2. The lowest BCUT2D eigenvalue weighted by atomic mass is 9.87. The Bertz CT molecular complexity index is 862. The smallest absolute Gasteiger partial charge is 0.262 e. The zero-order valence-corrected chi connectivity index (χ0v) is 15.8. The van der Waals surface area contributed by atoms with Gasteiger partial charge in [-0.2, -0.15) is 0 Å². The average Bonchev–Trinajstić information content (AvgIpc) is 2.88. The first kappa shape index (κ1) is 18.8. The SMILES string of the molecule is CC1(CCNCc2ccc3c(c2)C(=O)N(C2CCC(=O)NC2=O)C3=O)CCN1. The van der Waals surface area contributed by atoms with Crippen molar-refractivity contribution in [2.24, 2.45) is 0 Å². The van der Waals surface area contributed by atoms with Gasteiger partial charge in [0.15, 0.2) is 0 Å². The molecule has 0 aromatic heterocycles. The monoisotopic (exact) mass is 384 g/mol. The van der Waals surface area contributed by atoms with Gasteiger partial charge in [-0.05, 0) is 57.0 Å². The molecule has 4 rings (SSSR count). The number of benzene rings is 1. The van der Waals surface area contributed by atoms with Crippen molar-refractivity contribution < 1.29 is 19.2 Å². The number of nitrogens with one attached hydrogen (secondary N) is 3. The summed E-state index contributed by atoms with van der Waals surface area (Å²) in [6.45, 7) is 4.74. The molecule has 0 radical (unpaired) electrons. The average molecular weight is 384 g/mol. The summed E-state index contributed by atoms with van der Waals surface area (Å²) < 4.78 is 0. The van der Waals surface area contributed by atoms with Crippen molar-refractivity contribution in [3.63, 3.8) is 0 Å². The van der Waals surface area contributed by atoms with Crippen LogP contribution >= 0.6 is 0 Å². The zero-order valence-electron chi connectivity index (χ0n) is 15.8. The Kier molecular flexibility index (Phi) is 4.76. The van der Waals surface area contributed by atoms with Crippen molar-refractivity contribution in [3.8, 4) is 0 Å². The van der Waals surface area contributed by atoms with Crippen LogP contribution in [-0.4, -0.2) is 53.2 Å². The maximum atomic E-state index is 12.8. The van der Waals surface area contributed by atoms with E-state index in [0.717, 1.165) is 30.0 Å². The molecule has 2 fully saturated rings. The van der Waals surface area contributed by atoms with Gasteiger partial charge in [-0.1, -0.05) is 6.07 Å². The number of carbonyl (C=O) groups is 4. The first-order chi connectivity index (χ1) is 13.4. The summed E-state index contributed by atoms with van der Waals surface area (Å²) >= 11 is 0. The summed E-state index contributed by atoms with van der Waals surface area (Å²) in [6.07, 6.45) is 2.49. The molecule has 4 amide bonds. The van der Waals surface area contributed by atoms with Crippen LogP contribution in [0.2, 0.25) is 0 Å². The predicted molar refractivity (Wildman–Crippen MR) is 100 cm³/mol. The number of nitrogens with zero attached hydrogens (tertiary/aromatic N) is 1. The van der Waals surface area contributed by atoms with Crippen LogP contribution in [0, 0.1) is 0 Å². The van der Waals surface area contributed by atoms with E-state index in [1.807, 2.05) is 6.07 Å². The second kappa shape index (κ2) is 7.10. The van der Waals surface area contributed by atoms with Crippen molar-refractivity contribution in [2.45, 2.75) is 50.7 Å². The van der Waals surface area contributed by atoms with Gasteiger partial charge < -0.3 is 10.6 Å². The molecule has 8 heteroatoms. The minimum atomic E-state index is -0.928. The van der Waals surface area contributed by atoms with Gasteiger partial charge in [0.25, 0.3) is 11.8 Å². The van der Waals surface area contributed by atoms with Crippen molar-refractivity contribution >= 4 is 23.6 Å². The third-order valence-corrected chi connectivity index (χ3v) is 5.92. The van der Waals surface area contributed by atoms with Crippen molar-refractivity contribution in [3.05, 3.63) is 34.9 Å². The number of rotatable bonds is 6. The maximum absolute atomic E-state index is 12.8. The molecule has 3 heterocycles. The van der Waals surface area contributed by atoms with Gasteiger partial charge >= 0.3 is 0 Å². The fourth-order valence-corrected chi connectivity index (χ4v) is 3.99. The topological polar surface area (TPSA) is 108 Å². The minimum absolute atomic E-state index is 0.118. The van der Waals surface area contributed by atoms with Gasteiger partial charge in [0, 0.05) is 18.5 Å². The van der Waals surface area contributed by atoms with E-state index < -0.39 is 23.8 Å². The van der Waals surface area contributed by atoms with Gasteiger partial charge in [0.2, 0.25) is 11.8 Å². The fourth-order valence-electron chi connectivity index (χ4n) is 3.99. The highest BCUT2D eigenvalue weighted by Crippen LogP contribution is 2.28. The van der Waals surface area contributed by atoms with Crippen LogP contribution in [0.5, 0.6) is 0 Å². The molecule has 0 saturated carbocycles. The molecule has 1 aromatic carbocycles. The number of piperidine rings is 1. The van der Waals surface area contributed by atoms with E-state index in [9.17, 15) is 19.2 Å². The van der Waals surface area contributed by atoms with Crippen LogP contribution in [-0.2, 0) is 16.1 Å². The van der Waals surface area contributed by atoms with E-state index >= 15 is 0 Å². The number of amides is 4. The molecule has 0 spiro atoms. The summed E-state index contributed by atoms with van der Waals surface area (Å²) in [7, 11) is 0. The Labute approximate surface area is 163 Å². The zero-order chi connectivity index (χ0) is 19.9. The molecule has 3 N–H and O–H groups in total. The molecule has 2 saturated heterocycles. The Morgan fingerprint density at radius 1 is 1.18 bits per heavy atom. The van der Waals surface area contributed by atoms with Crippen molar-refractivity contribution in [2.75, 3.05) is 13.1 Å². The molecule has 28 heavy (non-hydrogen) atoms. The molecule has 148 valence electrons. The molecule has 0 bridgehead atoms. The lowest BCUT2D eigenvalue weighted by Gasteiger charge is -2.40. The normalized spacial score (nSPS) is 26.9. The Balaban J connectivity index is 1.42. The largest absolute Gasteiger partial charge is 0.313 e. The molecular weight excluding hydrogens is 360 g/mol. The molecule has 1 aromatic rings. The van der Waals surface area contributed by atoms with E-state index in [0.29, 0.717) is 17.7 Å². The fraction of sp³-hybridized carbons (Fsp3) is 0.500. The second-order valence-electron chi connectivity index (χ2n) is 7.99. The van der Waals surface area contributed by atoms with Gasteiger partial charge in [-0.3, -0.25) is 29.4 Å². The van der Waals surface area contributed by atoms with Crippen LogP contribution in [0.4, 0.5) is 0 Å². The third-order valence-electron chi connectivity index (χ3n) is 5.92. The Morgan fingerprint density at radius 3 is 2.61 bits per heavy atom. The van der Waals surface area contributed by atoms with E-state index in [4.69, 9.17) is 0 Å². The quantitative estimate of drug-likeness (QED) is 0.482. The summed E-state index contributed by atoms with van der Waals surface area (Å²) in [6, 6.07) is 4.27. The number of fused-ring (bicyclic) bond motifs is 1. The lowest BCUT2D eigenvalue weighted by Crippen LogP contribution is -2.55. The number of carbonyl (C=O) groups excluding carboxylic acids is 4. The summed E-state index contributed by atoms with van der Waals surface area (Å²) in [4.78, 5) is 49.9. The summed E-state index contributed by atoms with van der Waals surface area (Å²) in [5.74, 6) is -1.91. The molecule has 2 atom stereocenters. The van der Waals surface area contributed by atoms with Crippen LogP contribution < -0.4 is 16.0 Å². The molecule has 3 aliphatic rings. The molecule has 2 unspecified atom stereocenters. The van der Waals surface area contributed by atoms with Gasteiger partial charge in [0.05, 0.1) is 11.1 Å². The van der Waals surface area contributed by atoms with E-state index in [1.165, 1.54) is 6.42 Å². The highest BCUT2D eigenvalue weighted by molar-refractivity contribution is 6.23. The van der Waals surface area contributed by atoms with E-state index in [-0.39, 0.29) is 24.3 Å². The summed E-state index contributed by atoms with van der Waals surface area (Å²) in [5.41, 5.74) is 1.76. The van der Waals surface area contributed by atoms with Gasteiger partial charge in [0.1, 0.15) is 6.04 Å². The molecular formula is C20H24N4O4. The van der Waals surface area contributed by atoms with Crippen LogP contribution in [0.1, 0.15) is 58.9 Å². The first-order valence-corrected chi connectivity index (χ1v) is 9.68.